The molecule has 3 N–H and O–H groups in total. The Hall–Kier alpha value is -0.660. The Morgan fingerprint density at radius 2 is 2.21 bits per heavy atom. The molecular weight excluding hydrogens is 270 g/mol. The van der Waals surface area contributed by atoms with E-state index >= 15 is 0 Å². The van der Waals surface area contributed by atoms with Crippen LogP contribution in [0.25, 0.3) is 0 Å². The molecule has 14 heavy (non-hydrogen) atoms. The van der Waals surface area contributed by atoms with Crippen LogP contribution >= 0.6 is 15.9 Å². The Balaban J connectivity index is 2.47. The third-order valence-electron chi connectivity index (χ3n) is 1.42. The molecule has 0 aliphatic carbocycles. The van der Waals surface area contributed by atoms with E-state index in [4.69, 9.17) is 5.14 Å². The second-order valence-corrected chi connectivity index (χ2v) is 5.34. The van der Waals surface area contributed by atoms with Gasteiger partial charge in [-0.3, -0.25) is 4.98 Å². The molecule has 0 saturated heterocycles. The summed E-state index contributed by atoms with van der Waals surface area (Å²) in [5.74, 6) is -0.0977. The number of sulfonamides is 1. The van der Waals surface area contributed by atoms with Crippen LogP contribution in [0.15, 0.2) is 22.9 Å². The standard InChI is InChI=1S/C7H10BrN3O2S/c8-6-3-7(5-10-4-6)11-1-2-14(9,12)13/h3-5,11H,1-2H2,(H2,9,12,13). The summed E-state index contributed by atoms with van der Waals surface area (Å²) in [5.41, 5.74) is 0.753. The summed E-state index contributed by atoms with van der Waals surface area (Å²) < 4.78 is 22.0. The van der Waals surface area contributed by atoms with Crippen molar-refractivity contribution in [3.63, 3.8) is 0 Å². The lowest BCUT2D eigenvalue weighted by molar-refractivity contribution is 0.598. The molecular formula is C7H10BrN3O2S. The van der Waals surface area contributed by atoms with Crippen LogP contribution in [0, 0.1) is 0 Å². The zero-order chi connectivity index (χ0) is 10.6. The molecule has 1 aromatic heterocycles. The van der Waals surface area contributed by atoms with Crippen LogP contribution in [0.1, 0.15) is 0 Å². The van der Waals surface area contributed by atoms with E-state index in [1.54, 1.807) is 18.5 Å². The van der Waals surface area contributed by atoms with Crippen LogP contribution in [0.5, 0.6) is 0 Å². The molecule has 0 bridgehead atoms. The molecule has 0 amide bonds. The Morgan fingerprint density at radius 1 is 1.50 bits per heavy atom. The highest BCUT2D eigenvalue weighted by Gasteiger charge is 2.01. The van der Waals surface area contributed by atoms with Gasteiger partial charge in [0.15, 0.2) is 0 Å². The number of hydrogen-bond donors (Lipinski definition) is 2. The van der Waals surface area contributed by atoms with E-state index in [0.717, 1.165) is 10.2 Å². The SMILES string of the molecule is NS(=O)(=O)CCNc1cncc(Br)c1. The first-order valence-corrected chi connectivity index (χ1v) is 6.33. The molecule has 0 saturated carbocycles. The number of aromatic nitrogens is 1. The summed E-state index contributed by atoms with van der Waals surface area (Å²) in [5, 5.41) is 7.73. The third kappa shape index (κ3) is 4.54. The molecule has 0 aliphatic rings. The molecule has 0 atom stereocenters. The summed E-state index contributed by atoms with van der Waals surface area (Å²) in [4.78, 5) is 3.91. The third-order valence-corrected chi connectivity index (χ3v) is 2.63. The fourth-order valence-corrected chi connectivity index (χ4v) is 1.60. The van der Waals surface area contributed by atoms with Gasteiger partial charge in [0.05, 0.1) is 17.6 Å². The minimum Gasteiger partial charge on any atom is -0.383 e. The largest absolute Gasteiger partial charge is 0.383 e. The molecule has 0 aromatic carbocycles. The normalized spacial score (nSPS) is 11.3. The van der Waals surface area contributed by atoms with Crippen molar-refractivity contribution in [3.05, 3.63) is 22.9 Å². The van der Waals surface area contributed by atoms with Gasteiger partial charge in [-0.2, -0.15) is 0 Å². The molecule has 0 aliphatic heterocycles. The molecule has 0 fully saturated rings. The van der Waals surface area contributed by atoms with Crippen molar-refractivity contribution >= 4 is 31.6 Å². The number of rotatable bonds is 4. The smallest absolute Gasteiger partial charge is 0.210 e. The number of nitrogens with one attached hydrogen (secondary N) is 1. The van der Waals surface area contributed by atoms with Gasteiger partial charge in [0.25, 0.3) is 0 Å². The van der Waals surface area contributed by atoms with Crippen LogP contribution in [-0.4, -0.2) is 25.7 Å². The predicted octanol–water partition coefficient (Wildman–Crippen LogP) is 0.545. The first kappa shape index (κ1) is 11.4. The average molecular weight is 280 g/mol. The average Bonchev–Trinajstić information content (AvgIpc) is 2.01. The second-order valence-electron chi connectivity index (χ2n) is 2.69. The molecule has 0 spiro atoms. The maximum atomic E-state index is 10.6. The highest BCUT2D eigenvalue weighted by molar-refractivity contribution is 9.10. The van der Waals surface area contributed by atoms with E-state index in [9.17, 15) is 8.42 Å². The first-order chi connectivity index (χ1) is 6.47. The van der Waals surface area contributed by atoms with Crippen LogP contribution in [0.2, 0.25) is 0 Å². The molecule has 7 heteroatoms. The molecule has 0 radical (unpaired) electrons. The lowest BCUT2D eigenvalue weighted by atomic mass is 10.4. The summed E-state index contributed by atoms with van der Waals surface area (Å²) in [7, 11) is -3.40. The first-order valence-electron chi connectivity index (χ1n) is 3.82. The predicted molar refractivity (Wildman–Crippen MR) is 58.4 cm³/mol. The van der Waals surface area contributed by atoms with E-state index in [1.165, 1.54) is 0 Å². The van der Waals surface area contributed by atoms with Gasteiger partial charge in [0.1, 0.15) is 0 Å². The van der Waals surface area contributed by atoms with Gasteiger partial charge >= 0.3 is 0 Å². The van der Waals surface area contributed by atoms with Crippen molar-refractivity contribution < 1.29 is 8.42 Å². The maximum absolute atomic E-state index is 10.6. The summed E-state index contributed by atoms with van der Waals surface area (Å²) in [6.07, 6.45) is 3.25. The van der Waals surface area contributed by atoms with Crippen molar-refractivity contribution in [2.75, 3.05) is 17.6 Å². The maximum Gasteiger partial charge on any atom is 0.210 e. The monoisotopic (exact) mass is 279 g/mol. The van der Waals surface area contributed by atoms with Gasteiger partial charge in [-0.1, -0.05) is 0 Å². The summed E-state index contributed by atoms with van der Waals surface area (Å²) in [6, 6.07) is 1.80. The molecule has 1 heterocycles. The molecule has 0 unspecified atom stereocenters. The van der Waals surface area contributed by atoms with E-state index < -0.39 is 10.0 Å². The van der Waals surface area contributed by atoms with Gasteiger partial charge in [-0.15, -0.1) is 0 Å². The van der Waals surface area contributed by atoms with E-state index in [1.807, 2.05) is 0 Å². The number of nitrogens with zero attached hydrogens (tertiary/aromatic N) is 1. The molecule has 78 valence electrons. The van der Waals surface area contributed by atoms with Gasteiger partial charge in [-0.05, 0) is 22.0 Å². The minimum absolute atomic E-state index is 0.0977. The zero-order valence-electron chi connectivity index (χ0n) is 7.27. The Bertz CT molecular complexity index is 407. The summed E-state index contributed by atoms with van der Waals surface area (Å²) in [6.45, 7) is 0.275. The van der Waals surface area contributed by atoms with Gasteiger partial charge < -0.3 is 5.32 Å². The van der Waals surface area contributed by atoms with E-state index in [-0.39, 0.29) is 12.3 Å². The van der Waals surface area contributed by atoms with E-state index in [0.29, 0.717) is 0 Å². The number of nitrogens with two attached hydrogens (primary N) is 1. The summed E-state index contributed by atoms with van der Waals surface area (Å²) >= 11 is 3.25. The van der Waals surface area contributed by atoms with Crippen molar-refractivity contribution in [2.45, 2.75) is 0 Å². The zero-order valence-corrected chi connectivity index (χ0v) is 9.68. The Labute approximate surface area is 90.9 Å². The molecule has 1 rings (SSSR count). The Morgan fingerprint density at radius 3 is 2.79 bits per heavy atom. The lowest BCUT2D eigenvalue weighted by Gasteiger charge is -2.04. The number of halogens is 1. The van der Waals surface area contributed by atoms with E-state index in [2.05, 4.69) is 26.2 Å². The van der Waals surface area contributed by atoms with Gasteiger partial charge in [0.2, 0.25) is 10.0 Å². The highest BCUT2D eigenvalue weighted by atomic mass is 79.9. The minimum atomic E-state index is -3.40. The van der Waals surface area contributed by atoms with Crippen LogP contribution in [-0.2, 0) is 10.0 Å². The van der Waals surface area contributed by atoms with Gasteiger partial charge in [-0.25, -0.2) is 13.6 Å². The van der Waals surface area contributed by atoms with Crippen molar-refractivity contribution in [1.82, 2.24) is 4.98 Å². The van der Waals surface area contributed by atoms with Crippen LogP contribution in [0.3, 0.4) is 0 Å². The lowest BCUT2D eigenvalue weighted by Crippen LogP contribution is -2.22. The van der Waals surface area contributed by atoms with Crippen molar-refractivity contribution in [3.8, 4) is 0 Å². The van der Waals surface area contributed by atoms with Crippen LogP contribution < -0.4 is 10.5 Å². The number of pyridine rings is 1. The molecule has 1 aromatic rings. The fraction of sp³-hybridized carbons (Fsp3) is 0.286. The van der Waals surface area contributed by atoms with Crippen molar-refractivity contribution in [2.24, 2.45) is 5.14 Å². The second kappa shape index (κ2) is 4.72. The van der Waals surface area contributed by atoms with Crippen molar-refractivity contribution in [1.29, 1.82) is 0 Å². The van der Waals surface area contributed by atoms with Gasteiger partial charge in [0, 0.05) is 17.2 Å². The number of anilines is 1. The Kier molecular flexibility index (Phi) is 3.85. The molecule has 5 nitrogen and oxygen atoms in total. The van der Waals surface area contributed by atoms with Crippen LogP contribution in [0.4, 0.5) is 5.69 Å². The number of primary sulfonamides is 1. The fourth-order valence-electron chi connectivity index (χ4n) is 0.846. The highest BCUT2D eigenvalue weighted by Crippen LogP contribution is 2.12. The topological polar surface area (TPSA) is 85.1 Å². The number of hydrogen-bond acceptors (Lipinski definition) is 4. The quantitative estimate of drug-likeness (QED) is 0.843.